The number of aromatic nitrogens is 2. The molecule has 1 heterocycles. The van der Waals surface area contributed by atoms with E-state index in [-0.39, 0.29) is 11.9 Å². The van der Waals surface area contributed by atoms with Crippen molar-refractivity contribution in [2.75, 3.05) is 0 Å². The van der Waals surface area contributed by atoms with Crippen LogP contribution in [0.15, 0.2) is 30.3 Å². The predicted molar refractivity (Wildman–Crippen MR) is 78.9 cm³/mol. The molecule has 0 aliphatic rings. The molecule has 0 aliphatic carbocycles. The molecule has 1 atom stereocenters. The molecule has 1 N–H and O–H groups in total. The van der Waals surface area contributed by atoms with Crippen molar-refractivity contribution in [1.29, 1.82) is 0 Å². The van der Waals surface area contributed by atoms with Gasteiger partial charge in [0, 0.05) is 19.1 Å². The van der Waals surface area contributed by atoms with Gasteiger partial charge in [-0.15, -0.1) is 0 Å². The zero-order valence-corrected chi connectivity index (χ0v) is 12.4. The third-order valence-electron chi connectivity index (χ3n) is 3.54. The van der Waals surface area contributed by atoms with Crippen molar-refractivity contribution >= 4 is 0 Å². The summed E-state index contributed by atoms with van der Waals surface area (Å²) in [6.07, 6.45) is 0.952. The fourth-order valence-electron chi connectivity index (χ4n) is 2.23. The monoisotopic (exact) mass is 275 g/mol. The van der Waals surface area contributed by atoms with Crippen LogP contribution in [0.2, 0.25) is 0 Å². The van der Waals surface area contributed by atoms with Gasteiger partial charge < -0.3 is 5.32 Å². The van der Waals surface area contributed by atoms with Crippen LogP contribution in [0.4, 0.5) is 4.39 Å². The molecule has 0 fully saturated rings. The fraction of sp³-hybridized carbons (Fsp3) is 0.438. The van der Waals surface area contributed by atoms with Gasteiger partial charge in [-0.3, -0.25) is 4.68 Å². The third kappa shape index (κ3) is 3.45. The van der Waals surface area contributed by atoms with Crippen LogP contribution in [-0.4, -0.2) is 9.78 Å². The molecule has 3 nitrogen and oxygen atoms in total. The lowest BCUT2D eigenvalue weighted by atomic mass is 10.1. The van der Waals surface area contributed by atoms with Gasteiger partial charge in [-0.05, 0) is 44.0 Å². The molecule has 0 saturated heterocycles. The number of hydrogen-bond acceptors (Lipinski definition) is 2. The second kappa shape index (κ2) is 6.66. The van der Waals surface area contributed by atoms with Crippen LogP contribution in [0, 0.1) is 5.82 Å². The van der Waals surface area contributed by atoms with Gasteiger partial charge in [0.1, 0.15) is 5.82 Å². The van der Waals surface area contributed by atoms with Crippen LogP contribution in [0.5, 0.6) is 0 Å². The molecule has 0 radical (unpaired) electrons. The van der Waals surface area contributed by atoms with E-state index < -0.39 is 0 Å². The van der Waals surface area contributed by atoms with Gasteiger partial charge in [-0.2, -0.15) is 5.10 Å². The SMILES string of the molecule is CCc1cc(CN[C@H](C)c2ccc(F)cc2)n(CC)n1. The van der Waals surface area contributed by atoms with E-state index in [4.69, 9.17) is 0 Å². The van der Waals surface area contributed by atoms with E-state index in [2.05, 4.69) is 37.3 Å². The average Bonchev–Trinajstić information content (AvgIpc) is 2.88. The van der Waals surface area contributed by atoms with E-state index in [0.717, 1.165) is 30.8 Å². The lowest BCUT2D eigenvalue weighted by molar-refractivity contribution is 0.529. The number of nitrogens with zero attached hydrogens (tertiary/aromatic N) is 2. The van der Waals surface area contributed by atoms with Crippen molar-refractivity contribution in [3.63, 3.8) is 0 Å². The molecular weight excluding hydrogens is 253 g/mol. The van der Waals surface area contributed by atoms with Crippen LogP contribution >= 0.6 is 0 Å². The van der Waals surface area contributed by atoms with Crippen molar-refractivity contribution in [2.24, 2.45) is 0 Å². The van der Waals surface area contributed by atoms with Crippen molar-refractivity contribution in [2.45, 2.75) is 46.3 Å². The van der Waals surface area contributed by atoms with Gasteiger partial charge >= 0.3 is 0 Å². The normalized spacial score (nSPS) is 12.6. The number of nitrogens with one attached hydrogen (secondary N) is 1. The molecule has 2 aromatic rings. The zero-order chi connectivity index (χ0) is 14.5. The quantitative estimate of drug-likeness (QED) is 0.875. The van der Waals surface area contributed by atoms with Crippen LogP contribution in [-0.2, 0) is 19.5 Å². The van der Waals surface area contributed by atoms with E-state index in [1.165, 1.54) is 17.8 Å². The Hall–Kier alpha value is -1.68. The molecule has 1 aromatic heterocycles. The number of rotatable bonds is 6. The number of halogens is 1. The smallest absolute Gasteiger partial charge is 0.123 e. The highest BCUT2D eigenvalue weighted by atomic mass is 19.1. The highest BCUT2D eigenvalue weighted by Gasteiger charge is 2.09. The first-order valence-corrected chi connectivity index (χ1v) is 7.18. The average molecular weight is 275 g/mol. The first-order chi connectivity index (χ1) is 9.63. The summed E-state index contributed by atoms with van der Waals surface area (Å²) in [4.78, 5) is 0. The molecule has 0 bridgehead atoms. The van der Waals surface area contributed by atoms with Crippen LogP contribution in [0.25, 0.3) is 0 Å². The molecule has 0 unspecified atom stereocenters. The summed E-state index contributed by atoms with van der Waals surface area (Å²) in [5.41, 5.74) is 3.40. The van der Waals surface area contributed by atoms with Crippen LogP contribution < -0.4 is 5.32 Å². The highest BCUT2D eigenvalue weighted by molar-refractivity contribution is 5.19. The molecule has 20 heavy (non-hydrogen) atoms. The minimum atomic E-state index is -0.197. The molecule has 0 aliphatic heterocycles. The molecule has 0 saturated carbocycles. The van der Waals surface area contributed by atoms with Crippen LogP contribution in [0.3, 0.4) is 0 Å². The third-order valence-corrected chi connectivity index (χ3v) is 3.54. The van der Waals surface area contributed by atoms with Gasteiger partial charge in [0.15, 0.2) is 0 Å². The van der Waals surface area contributed by atoms with Gasteiger partial charge in [0.05, 0.1) is 11.4 Å². The first kappa shape index (κ1) is 14.7. The Morgan fingerprint density at radius 1 is 1.25 bits per heavy atom. The summed E-state index contributed by atoms with van der Waals surface area (Å²) >= 11 is 0. The summed E-state index contributed by atoms with van der Waals surface area (Å²) < 4.78 is 14.9. The Bertz CT molecular complexity index is 545. The lowest BCUT2D eigenvalue weighted by Crippen LogP contribution is -2.20. The Morgan fingerprint density at radius 3 is 2.55 bits per heavy atom. The lowest BCUT2D eigenvalue weighted by Gasteiger charge is -2.14. The van der Waals surface area contributed by atoms with Gasteiger partial charge in [-0.1, -0.05) is 19.1 Å². The highest BCUT2D eigenvalue weighted by Crippen LogP contribution is 2.14. The molecule has 2 rings (SSSR count). The summed E-state index contributed by atoms with van der Waals surface area (Å²) in [5.74, 6) is -0.197. The Kier molecular flexibility index (Phi) is 4.90. The summed E-state index contributed by atoms with van der Waals surface area (Å²) in [6.45, 7) is 7.93. The minimum absolute atomic E-state index is 0.181. The summed E-state index contributed by atoms with van der Waals surface area (Å²) in [5, 5.41) is 8.00. The van der Waals surface area contributed by atoms with E-state index in [0.29, 0.717) is 0 Å². The molecule has 108 valence electrons. The van der Waals surface area contributed by atoms with Crippen molar-refractivity contribution in [3.05, 3.63) is 53.1 Å². The fourth-order valence-corrected chi connectivity index (χ4v) is 2.23. The van der Waals surface area contributed by atoms with Gasteiger partial charge in [-0.25, -0.2) is 4.39 Å². The van der Waals surface area contributed by atoms with Gasteiger partial charge in [0.2, 0.25) is 0 Å². The Labute approximate surface area is 119 Å². The topological polar surface area (TPSA) is 29.9 Å². The molecule has 1 aromatic carbocycles. The molecule has 4 heteroatoms. The Balaban J connectivity index is 2.00. The molecular formula is C16H22FN3. The van der Waals surface area contributed by atoms with Crippen LogP contribution in [0.1, 0.15) is 43.8 Å². The maximum absolute atomic E-state index is 12.9. The van der Waals surface area contributed by atoms with E-state index in [1.54, 1.807) is 0 Å². The number of hydrogen-bond donors (Lipinski definition) is 1. The van der Waals surface area contributed by atoms with Crippen molar-refractivity contribution < 1.29 is 4.39 Å². The number of benzene rings is 1. The zero-order valence-electron chi connectivity index (χ0n) is 12.4. The summed E-state index contributed by atoms with van der Waals surface area (Å²) in [7, 11) is 0. The van der Waals surface area contributed by atoms with Crippen molar-refractivity contribution in [3.8, 4) is 0 Å². The van der Waals surface area contributed by atoms with E-state index in [1.807, 2.05) is 16.8 Å². The predicted octanol–water partition coefficient (Wildman–Crippen LogP) is 3.46. The van der Waals surface area contributed by atoms with E-state index in [9.17, 15) is 4.39 Å². The van der Waals surface area contributed by atoms with Crippen molar-refractivity contribution in [1.82, 2.24) is 15.1 Å². The maximum atomic E-state index is 12.9. The largest absolute Gasteiger partial charge is 0.305 e. The molecule has 0 spiro atoms. The minimum Gasteiger partial charge on any atom is -0.305 e. The molecule has 0 amide bonds. The van der Waals surface area contributed by atoms with Gasteiger partial charge in [0.25, 0.3) is 0 Å². The second-order valence-corrected chi connectivity index (χ2v) is 4.95. The Morgan fingerprint density at radius 2 is 1.95 bits per heavy atom. The summed E-state index contributed by atoms with van der Waals surface area (Å²) in [6, 6.07) is 8.97. The van der Waals surface area contributed by atoms with E-state index >= 15 is 0 Å². The second-order valence-electron chi connectivity index (χ2n) is 4.95. The maximum Gasteiger partial charge on any atom is 0.123 e. The first-order valence-electron chi connectivity index (χ1n) is 7.18. The number of aryl methyl sites for hydroxylation is 2. The standard InChI is InChI=1S/C16H22FN3/c1-4-15-10-16(20(5-2)19-15)11-18-12(3)13-6-8-14(17)9-7-13/h6-10,12,18H,4-5,11H2,1-3H3/t12-/m1/s1.